The monoisotopic (exact) mass is 484 g/mol. The number of thiophene rings is 1. The Hall–Kier alpha value is -4.10. The molecule has 1 unspecified atom stereocenters. The van der Waals surface area contributed by atoms with Gasteiger partial charge in [0.15, 0.2) is 11.5 Å². The summed E-state index contributed by atoms with van der Waals surface area (Å²) < 4.78 is 5.36. The molecule has 0 bridgehead atoms. The second kappa shape index (κ2) is 9.64. The maximum atomic E-state index is 13.2. The number of benzene rings is 2. The van der Waals surface area contributed by atoms with Crippen LogP contribution in [0.25, 0.3) is 17.0 Å². The van der Waals surface area contributed by atoms with Crippen molar-refractivity contribution >= 4 is 40.0 Å². The van der Waals surface area contributed by atoms with Crippen LogP contribution in [0.5, 0.6) is 5.75 Å². The highest BCUT2D eigenvalue weighted by atomic mass is 32.1. The Labute approximate surface area is 206 Å². The number of aliphatic hydroxyl groups is 1. The van der Waals surface area contributed by atoms with Crippen LogP contribution < -0.4 is 4.74 Å². The molecular formula is C28H24N2O4S. The Morgan fingerprint density at radius 2 is 2.00 bits per heavy atom. The van der Waals surface area contributed by atoms with Gasteiger partial charge in [-0.1, -0.05) is 42.5 Å². The molecule has 1 amide bonds. The second-order valence-electron chi connectivity index (χ2n) is 8.26. The maximum Gasteiger partial charge on any atom is 0.290 e. The van der Waals surface area contributed by atoms with Crippen LogP contribution in [0.3, 0.4) is 0 Å². The summed E-state index contributed by atoms with van der Waals surface area (Å²) in [6.07, 6.45) is 5.59. The van der Waals surface area contributed by atoms with E-state index in [4.69, 9.17) is 4.74 Å². The molecule has 0 aliphatic carbocycles. The van der Waals surface area contributed by atoms with Gasteiger partial charge in [0.05, 0.1) is 18.7 Å². The molecule has 0 radical (unpaired) electrons. The number of rotatable bonds is 8. The molecule has 0 saturated carbocycles. The summed E-state index contributed by atoms with van der Waals surface area (Å²) in [4.78, 5) is 32.0. The molecule has 2 N–H and O–H groups in total. The van der Waals surface area contributed by atoms with Gasteiger partial charge in [0.25, 0.3) is 5.91 Å². The van der Waals surface area contributed by atoms with E-state index in [1.54, 1.807) is 18.1 Å². The van der Waals surface area contributed by atoms with Gasteiger partial charge >= 0.3 is 0 Å². The van der Waals surface area contributed by atoms with Gasteiger partial charge < -0.3 is 19.7 Å². The molecular weight excluding hydrogens is 460 g/mol. The Morgan fingerprint density at radius 1 is 1.17 bits per heavy atom. The number of carbonyl (C=O) groups is 2. The lowest BCUT2D eigenvalue weighted by atomic mass is 10.0. The number of nitrogens with zero attached hydrogens (tertiary/aromatic N) is 1. The minimum absolute atomic E-state index is 0.116. The molecule has 176 valence electrons. The van der Waals surface area contributed by atoms with Crippen LogP contribution in [0.15, 0.2) is 89.6 Å². The van der Waals surface area contributed by atoms with Crippen LogP contribution in [0, 0.1) is 0 Å². The van der Waals surface area contributed by atoms with Crippen LogP contribution >= 0.6 is 11.3 Å². The molecule has 6 nitrogen and oxygen atoms in total. The predicted octanol–water partition coefficient (Wildman–Crippen LogP) is 5.46. The number of H-pyrrole nitrogens is 1. The highest BCUT2D eigenvalue weighted by Crippen LogP contribution is 2.40. The zero-order chi connectivity index (χ0) is 24.4. The number of fused-ring (bicyclic) bond motifs is 1. The van der Waals surface area contributed by atoms with E-state index in [1.165, 1.54) is 17.4 Å². The molecule has 5 rings (SSSR count). The van der Waals surface area contributed by atoms with Crippen LogP contribution in [-0.2, 0) is 16.0 Å². The Bertz CT molecular complexity index is 1430. The van der Waals surface area contributed by atoms with Gasteiger partial charge in [0.1, 0.15) is 5.75 Å². The highest BCUT2D eigenvalue weighted by Gasteiger charge is 2.43. The number of allylic oxidation sites excluding steroid dienone is 1. The van der Waals surface area contributed by atoms with Crippen molar-refractivity contribution in [1.82, 2.24) is 9.88 Å². The molecule has 1 aliphatic rings. The molecule has 2 aromatic heterocycles. The molecule has 0 fully saturated rings. The van der Waals surface area contributed by atoms with E-state index >= 15 is 0 Å². The Kier molecular flexibility index (Phi) is 6.25. The number of amides is 1. The number of nitrogens with one attached hydrogen (secondary N) is 1. The first kappa shape index (κ1) is 22.7. The van der Waals surface area contributed by atoms with Gasteiger partial charge in [-0.05, 0) is 53.3 Å². The lowest BCUT2D eigenvalue weighted by molar-refractivity contribution is -0.129. The summed E-state index contributed by atoms with van der Waals surface area (Å²) in [5.41, 5.74) is 2.99. The average molecular weight is 485 g/mol. The quantitative estimate of drug-likeness (QED) is 0.326. The number of aromatic nitrogens is 1. The van der Waals surface area contributed by atoms with Gasteiger partial charge in [-0.3, -0.25) is 9.59 Å². The van der Waals surface area contributed by atoms with Gasteiger partial charge in [-0.15, -0.1) is 11.3 Å². The molecule has 0 saturated heterocycles. The topological polar surface area (TPSA) is 82.6 Å². The molecule has 0 spiro atoms. The molecule has 2 aromatic carbocycles. The predicted molar refractivity (Wildman–Crippen MR) is 137 cm³/mol. The smallest absolute Gasteiger partial charge is 0.290 e. The number of ketones is 1. The fourth-order valence-electron chi connectivity index (χ4n) is 4.44. The molecule has 35 heavy (non-hydrogen) atoms. The SMILES string of the molecule is COc1ccc2[nH]cc(CCN3C(=O)C(O)=C(C(=O)/C=C/c4ccccc4)C3c3cccs3)c2c1. The standard InChI is InChI=1S/C28H24N2O4S/c1-34-20-10-11-22-21(16-20)19(17-29-22)13-14-30-26(24-8-5-15-35-24)25(27(32)28(30)33)23(31)12-9-18-6-3-2-4-7-18/h2-12,15-17,26,29,32H,13-14H2,1H3/b12-9+. The first-order valence-electron chi connectivity index (χ1n) is 11.3. The minimum Gasteiger partial charge on any atom is -0.503 e. The fraction of sp³-hybridized carbons (Fsp3) is 0.143. The summed E-state index contributed by atoms with van der Waals surface area (Å²) in [5.74, 6) is -0.633. The van der Waals surface area contributed by atoms with Crippen LogP contribution in [-0.4, -0.2) is 40.3 Å². The maximum absolute atomic E-state index is 13.2. The molecule has 1 aliphatic heterocycles. The molecule has 7 heteroatoms. The van der Waals surface area contributed by atoms with Crippen molar-refractivity contribution in [2.45, 2.75) is 12.5 Å². The highest BCUT2D eigenvalue weighted by molar-refractivity contribution is 7.10. The molecule has 3 heterocycles. The number of hydrogen-bond acceptors (Lipinski definition) is 5. The van der Waals surface area contributed by atoms with Crippen LogP contribution in [0.1, 0.15) is 22.0 Å². The van der Waals surface area contributed by atoms with E-state index in [0.717, 1.165) is 32.7 Å². The van der Waals surface area contributed by atoms with E-state index in [0.29, 0.717) is 13.0 Å². The van der Waals surface area contributed by atoms with Crippen LogP contribution in [0.2, 0.25) is 0 Å². The van der Waals surface area contributed by atoms with Gasteiger partial charge in [-0.25, -0.2) is 0 Å². The van der Waals surface area contributed by atoms with Crippen molar-refractivity contribution < 1.29 is 19.4 Å². The Balaban J connectivity index is 1.43. The van der Waals surface area contributed by atoms with Gasteiger partial charge in [-0.2, -0.15) is 0 Å². The van der Waals surface area contributed by atoms with Crippen molar-refractivity contribution in [3.8, 4) is 5.75 Å². The number of ether oxygens (including phenoxy) is 1. The average Bonchev–Trinajstić information content (AvgIpc) is 3.61. The van der Waals surface area contributed by atoms with Crippen molar-refractivity contribution in [2.75, 3.05) is 13.7 Å². The normalized spacial score (nSPS) is 16.1. The van der Waals surface area contributed by atoms with Crippen LogP contribution in [0.4, 0.5) is 0 Å². The number of methoxy groups -OCH3 is 1. The van der Waals surface area contributed by atoms with Gasteiger partial charge in [0, 0.05) is 28.5 Å². The molecule has 4 aromatic rings. The number of hydrogen-bond donors (Lipinski definition) is 2. The number of aliphatic hydroxyl groups excluding tert-OH is 1. The van der Waals surface area contributed by atoms with Crippen molar-refractivity contribution in [2.24, 2.45) is 0 Å². The number of carbonyl (C=O) groups excluding carboxylic acids is 2. The third-order valence-corrected chi connectivity index (χ3v) is 7.13. The lowest BCUT2D eigenvalue weighted by Gasteiger charge is -2.25. The number of aromatic amines is 1. The fourth-order valence-corrected chi connectivity index (χ4v) is 5.28. The molecule has 1 atom stereocenters. The third kappa shape index (κ3) is 4.38. The van der Waals surface area contributed by atoms with Crippen molar-refractivity contribution in [3.05, 3.63) is 106 Å². The van der Waals surface area contributed by atoms with Crippen molar-refractivity contribution in [3.63, 3.8) is 0 Å². The van der Waals surface area contributed by atoms with E-state index in [2.05, 4.69) is 4.98 Å². The third-order valence-electron chi connectivity index (χ3n) is 6.21. The summed E-state index contributed by atoms with van der Waals surface area (Å²) in [7, 11) is 1.63. The summed E-state index contributed by atoms with van der Waals surface area (Å²) in [6, 6.07) is 18.4. The summed E-state index contributed by atoms with van der Waals surface area (Å²) in [5, 5.41) is 13.7. The largest absolute Gasteiger partial charge is 0.503 e. The first-order chi connectivity index (χ1) is 17.1. The van der Waals surface area contributed by atoms with E-state index in [-0.39, 0.29) is 11.4 Å². The summed E-state index contributed by atoms with van der Waals surface area (Å²) >= 11 is 1.46. The van der Waals surface area contributed by atoms with E-state index in [1.807, 2.05) is 72.2 Å². The van der Waals surface area contributed by atoms with Gasteiger partial charge in [0.2, 0.25) is 0 Å². The summed E-state index contributed by atoms with van der Waals surface area (Å²) in [6.45, 7) is 0.342. The zero-order valence-corrected chi connectivity index (χ0v) is 19.9. The lowest BCUT2D eigenvalue weighted by Crippen LogP contribution is -2.32. The Morgan fingerprint density at radius 3 is 2.74 bits per heavy atom. The zero-order valence-electron chi connectivity index (χ0n) is 19.1. The second-order valence-corrected chi connectivity index (χ2v) is 9.24. The first-order valence-corrected chi connectivity index (χ1v) is 12.1. The van der Waals surface area contributed by atoms with E-state index < -0.39 is 17.7 Å². The van der Waals surface area contributed by atoms with E-state index in [9.17, 15) is 14.7 Å². The minimum atomic E-state index is -0.629. The van der Waals surface area contributed by atoms with Crippen molar-refractivity contribution in [1.29, 1.82) is 0 Å².